The van der Waals surface area contributed by atoms with E-state index in [9.17, 15) is 9.59 Å². The van der Waals surface area contributed by atoms with E-state index in [1.54, 1.807) is 18.7 Å². The maximum atomic E-state index is 12.7. The number of hydrogen-bond acceptors (Lipinski definition) is 4. The van der Waals surface area contributed by atoms with E-state index in [0.717, 1.165) is 31.5 Å². The van der Waals surface area contributed by atoms with Gasteiger partial charge in [0.15, 0.2) is 0 Å². The number of halogens is 1. The lowest BCUT2D eigenvalue weighted by molar-refractivity contribution is -0.142. The molecule has 2 saturated heterocycles. The third-order valence-electron chi connectivity index (χ3n) is 5.03. The predicted octanol–water partition coefficient (Wildman–Crippen LogP) is 2.34. The van der Waals surface area contributed by atoms with Crippen LogP contribution in [0, 0.1) is 0 Å². The average Bonchev–Trinajstić information content (AvgIpc) is 2.95. The molecule has 1 unspecified atom stereocenters. The molecule has 7 heteroatoms. The highest BCUT2D eigenvalue weighted by Gasteiger charge is 2.51. The first kappa shape index (κ1) is 18.5. The van der Waals surface area contributed by atoms with E-state index in [1.807, 2.05) is 29.2 Å². The summed E-state index contributed by atoms with van der Waals surface area (Å²) < 4.78 is 0. The number of thioether (sulfide) groups is 1. The summed E-state index contributed by atoms with van der Waals surface area (Å²) in [5.74, 6) is 0.556. The first-order chi connectivity index (χ1) is 11.9. The van der Waals surface area contributed by atoms with E-state index >= 15 is 0 Å². The van der Waals surface area contributed by atoms with Crippen molar-refractivity contribution in [3.63, 3.8) is 0 Å². The zero-order valence-corrected chi connectivity index (χ0v) is 16.2. The molecule has 2 heterocycles. The fourth-order valence-corrected chi connectivity index (χ4v) is 5.52. The molecule has 0 saturated carbocycles. The van der Waals surface area contributed by atoms with Gasteiger partial charge in [-0.15, -0.1) is 11.8 Å². The SMILES string of the molecule is CC(=O)N1C(C(=O)NCc2cccc(Cl)c2)CSC12CCN(C)CC2. The van der Waals surface area contributed by atoms with Gasteiger partial charge in [0.05, 0.1) is 4.87 Å². The van der Waals surface area contributed by atoms with Gasteiger partial charge in [-0.3, -0.25) is 9.59 Å². The summed E-state index contributed by atoms with van der Waals surface area (Å²) in [7, 11) is 2.10. The average molecular weight is 382 g/mol. The lowest BCUT2D eigenvalue weighted by Crippen LogP contribution is -2.57. The Morgan fingerprint density at radius 1 is 1.36 bits per heavy atom. The molecule has 0 bridgehead atoms. The van der Waals surface area contributed by atoms with Crippen LogP contribution >= 0.6 is 23.4 Å². The molecular weight excluding hydrogens is 358 g/mol. The summed E-state index contributed by atoms with van der Waals surface area (Å²) in [6.45, 7) is 3.90. The van der Waals surface area contributed by atoms with Crippen molar-refractivity contribution in [2.75, 3.05) is 25.9 Å². The minimum Gasteiger partial charge on any atom is -0.350 e. The summed E-state index contributed by atoms with van der Waals surface area (Å²) in [5, 5.41) is 3.62. The molecule has 25 heavy (non-hydrogen) atoms. The van der Waals surface area contributed by atoms with Crippen LogP contribution in [0.1, 0.15) is 25.3 Å². The first-order valence-electron chi connectivity index (χ1n) is 8.56. The standard InChI is InChI=1S/C18H24ClN3O2S/c1-13(23)22-16(12-25-18(22)6-8-21(2)9-7-18)17(24)20-11-14-4-3-5-15(19)10-14/h3-5,10,16H,6-9,11-12H2,1-2H3,(H,20,24). The largest absolute Gasteiger partial charge is 0.350 e. The quantitative estimate of drug-likeness (QED) is 0.873. The second-order valence-electron chi connectivity index (χ2n) is 6.81. The number of nitrogens with one attached hydrogen (secondary N) is 1. The van der Waals surface area contributed by atoms with Crippen LogP contribution < -0.4 is 5.32 Å². The van der Waals surface area contributed by atoms with Crippen LogP contribution in [-0.2, 0) is 16.1 Å². The molecule has 1 aromatic carbocycles. The Morgan fingerprint density at radius 3 is 2.72 bits per heavy atom. The van der Waals surface area contributed by atoms with E-state index in [4.69, 9.17) is 11.6 Å². The van der Waals surface area contributed by atoms with Crippen molar-refractivity contribution in [2.24, 2.45) is 0 Å². The van der Waals surface area contributed by atoms with Gasteiger partial charge in [-0.25, -0.2) is 0 Å². The maximum Gasteiger partial charge on any atom is 0.243 e. The van der Waals surface area contributed by atoms with Crippen molar-refractivity contribution in [3.8, 4) is 0 Å². The molecule has 136 valence electrons. The van der Waals surface area contributed by atoms with Crippen molar-refractivity contribution < 1.29 is 9.59 Å². The van der Waals surface area contributed by atoms with Crippen LogP contribution in [0.4, 0.5) is 0 Å². The third-order valence-corrected chi connectivity index (χ3v) is 6.89. The Balaban J connectivity index is 1.68. The van der Waals surface area contributed by atoms with Gasteiger partial charge < -0.3 is 15.1 Å². The number of likely N-dealkylation sites (tertiary alicyclic amines) is 1. The van der Waals surface area contributed by atoms with E-state index in [2.05, 4.69) is 17.3 Å². The first-order valence-corrected chi connectivity index (χ1v) is 9.92. The molecule has 0 aromatic heterocycles. The summed E-state index contributed by atoms with van der Waals surface area (Å²) in [6, 6.07) is 7.04. The molecule has 1 N–H and O–H groups in total. The molecule has 2 aliphatic heterocycles. The van der Waals surface area contributed by atoms with Crippen LogP contribution in [0.2, 0.25) is 5.02 Å². The van der Waals surface area contributed by atoms with Crippen LogP contribution in [0.25, 0.3) is 0 Å². The number of hydrogen-bond donors (Lipinski definition) is 1. The van der Waals surface area contributed by atoms with Crippen molar-refractivity contribution >= 4 is 35.2 Å². The molecule has 5 nitrogen and oxygen atoms in total. The number of carbonyl (C=O) groups excluding carboxylic acids is 2. The topological polar surface area (TPSA) is 52.7 Å². The summed E-state index contributed by atoms with van der Waals surface area (Å²) >= 11 is 7.75. The van der Waals surface area contributed by atoms with Gasteiger partial charge >= 0.3 is 0 Å². The van der Waals surface area contributed by atoms with Crippen molar-refractivity contribution in [1.29, 1.82) is 0 Å². The highest BCUT2D eigenvalue weighted by Crippen LogP contribution is 2.46. The number of nitrogens with zero attached hydrogens (tertiary/aromatic N) is 2. The molecule has 2 aliphatic rings. The molecule has 1 aromatic rings. The minimum absolute atomic E-state index is 0.0162. The summed E-state index contributed by atoms with van der Waals surface area (Å²) in [6.07, 6.45) is 1.82. The third kappa shape index (κ3) is 3.96. The molecule has 0 aliphatic carbocycles. The molecule has 1 atom stereocenters. The van der Waals surface area contributed by atoms with E-state index < -0.39 is 6.04 Å². The second kappa shape index (κ2) is 7.56. The van der Waals surface area contributed by atoms with E-state index in [1.165, 1.54) is 0 Å². The highest BCUT2D eigenvalue weighted by atomic mass is 35.5. The van der Waals surface area contributed by atoms with Crippen molar-refractivity contribution in [3.05, 3.63) is 34.9 Å². The van der Waals surface area contributed by atoms with Crippen LogP contribution in [0.5, 0.6) is 0 Å². The second-order valence-corrected chi connectivity index (χ2v) is 8.63. The zero-order valence-electron chi connectivity index (χ0n) is 14.6. The Morgan fingerprint density at radius 2 is 2.08 bits per heavy atom. The van der Waals surface area contributed by atoms with Crippen molar-refractivity contribution in [2.45, 2.75) is 37.2 Å². The number of rotatable bonds is 3. The Bertz CT molecular complexity index is 661. The Kier molecular flexibility index (Phi) is 5.61. The Labute approximate surface area is 158 Å². The maximum absolute atomic E-state index is 12.7. The normalized spacial score (nSPS) is 23.0. The highest BCUT2D eigenvalue weighted by molar-refractivity contribution is 8.01. The summed E-state index contributed by atoms with van der Waals surface area (Å²) in [5.41, 5.74) is 0.954. The van der Waals surface area contributed by atoms with Gasteiger partial charge in [0.2, 0.25) is 11.8 Å². The van der Waals surface area contributed by atoms with Crippen LogP contribution in [0.15, 0.2) is 24.3 Å². The Hall–Kier alpha value is -1.24. The summed E-state index contributed by atoms with van der Waals surface area (Å²) in [4.78, 5) is 29.0. The van der Waals surface area contributed by atoms with E-state index in [-0.39, 0.29) is 16.7 Å². The molecule has 2 amide bonds. The van der Waals surface area contributed by atoms with Crippen molar-refractivity contribution in [1.82, 2.24) is 15.1 Å². The molecular formula is C18H24ClN3O2S. The van der Waals surface area contributed by atoms with Gasteiger partial charge in [-0.1, -0.05) is 23.7 Å². The van der Waals surface area contributed by atoms with Gasteiger partial charge in [-0.05, 0) is 37.6 Å². The van der Waals surface area contributed by atoms with Crippen LogP contribution in [0.3, 0.4) is 0 Å². The minimum atomic E-state index is -0.398. The lowest BCUT2D eigenvalue weighted by atomic mass is 10.0. The van der Waals surface area contributed by atoms with Gasteiger partial charge in [0.1, 0.15) is 6.04 Å². The number of piperidine rings is 1. The number of amides is 2. The molecule has 2 fully saturated rings. The number of carbonyl (C=O) groups is 2. The van der Waals surface area contributed by atoms with E-state index in [0.29, 0.717) is 17.3 Å². The van der Waals surface area contributed by atoms with Gasteiger partial charge in [0.25, 0.3) is 0 Å². The smallest absolute Gasteiger partial charge is 0.243 e. The fourth-order valence-electron chi connectivity index (χ4n) is 3.67. The molecule has 3 rings (SSSR count). The fraction of sp³-hybridized carbons (Fsp3) is 0.556. The van der Waals surface area contributed by atoms with Crippen LogP contribution in [-0.4, -0.2) is 58.4 Å². The zero-order chi connectivity index (χ0) is 18.0. The number of benzene rings is 1. The molecule has 0 radical (unpaired) electrons. The predicted molar refractivity (Wildman–Crippen MR) is 102 cm³/mol. The monoisotopic (exact) mass is 381 g/mol. The van der Waals surface area contributed by atoms with Gasteiger partial charge in [-0.2, -0.15) is 0 Å². The molecule has 1 spiro atoms. The van der Waals surface area contributed by atoms with Gasteiger partial charge in [0, 0.05) is 37.3 Å². The lowest BCUT2D eigenvalue weighted by Gasteiger charge is -2.44.